The van der Waals surface area contributed by atoms with Gasteiger partial charge in [0.05, 0.1) is 13.2 Å². The first-order chi connectivity index (χ1) is 9.04. The molecule has 1 aromatic heterocycles. The molecule has 0 amide bonds. The van der Waals surface area contributed by atoms with Crippen molar-refractivity contribution < 1.29 is 13.5 Å². The van der Waals surface area contributed by atoms with Crippen molar-refractivity contribution >= 4 is 5.82 Å². The Bertz CT molecular complexity index is 388. The predicted molar refractivity (Wildman–Crippen MR) is 71.8 cm³/mol. The Balaban J connectivity index is 2.58. The first-order valence-electron chi connectivity index (χ1n) is 6.19. The third-order valence-corrected chi connectivity index (χ3v) is 2.69. The first-order valence-corrected chi connectivity index (χ1v) is 6.19. The molecule has 0 saturated heterocycles. The van der Waals surface area contributed by atoms with Crippen LogP contribution in [0.4, 0.5) is 14.6 Å². The number of halogens is 2. The minimum absolute atomic E-state index is 0.306. The van der Waals surface area contributed by atoms with E-state index in [1.807, 2.05) is 13.0 Å². The van der Waals surface area contributed by atoms with Gasteiger partial charge in [0.15, 0.2) is 0 Å². The first kappa shape index (κ1) is 15.8. The van der Waals surface area contributed by atoms with Crippen LogP contribution in [0.3, 0.4) is 0 Å². The maximum atomic E-state index is 12.3. The lowest BCUT2D eigenvalue weighted by Gasteiger charge is -2.20. The SMILES string of the molecule is COCCNCc1cnc(N(C)CC(F)F)c(C)c1. The zero-order chi connectivity index (χ0) is 14.3. The Morgan fingerprint density at radius 2 is 2.21 bits per heavy atom. The summed E-state index contributed by atoms with van der Waals surface area (Å²) in [5.41, 5.74) is 1.93. The van der Waals surface area contributed by atoms with Gasteiger partial charge in [0.2, 0.25) is 0 Å². The van der Waals surface area contributed by atoms with Crippen LogP contribution in [0.2, 0.25) is 0 Å². The van der Waals surface area contributed by atoms with Gasteiger partial charge in [0.25, 0.3) is 6.43 Å². The molecule has 19 heavy (non-hydrogen) atoms. The highest BCUT2D eigenvalue weighted by atomic mass is 19.3. The van der Waals surface area contributed by atoms with E-state index in [9.17, 15) is 8.78 Å². The number of ether oxygens (including phenoxy) is 1. The molecule has 0 radical (unpaired) electrons. The number of rotatable bonds is 8. The van der Waals surface area contributed by atoms with Crippen LogP contribution in [0.25, 0.3) is 0 Å². The summed E-state index contributed by atoms with van der Waals surface area (Å²) in [6, 6.07) is 1.96. The fraction of sp³-hybridized carbons (Fsp3) is 0.615. The van der Waals surface area contributed by atoms with E-state index in [0.29, 0.717) is 19.0 Å². The number of nitrogens with one attached hydrogen (secondary N) is 1. The van der Waals surface area contributed by atoms with E-state index in [4.69, 9.17) is 4.74 Å². The summed E-state index contributed by atoms with van der Waals surface area (Å²) in [5, 5.41) is 3.21. The lowest BCUT2D eigenvalue weighted by atomic mass is 10.2. The van der Waals surface area contributed by atoms with E-state index in [1.54, 1.807) is 20.4 Å². The lowest BCUT2D eigenvalue weighted by molar-refractivity contribution is 0.156. The minimum atomic E-state index is -2.36. The monoisotopic (exact) mass is 273 g/mol. The summed E-state index contributed by atoms with van der Waals surface area (Å²) >= 11 is 0. The largest absolute Gasteiger partial charge is 0.383 e. The number of hydrogen-bond donors (Lipinski definition) is 1. The second-order valence-electron chi connectivity index (χ2n) is 4.43. The van der Waals surface area contributed by atoms with Crippen molar-refractivity contribution in [1.82, 2.24) is 10.3 Å². The van der Waals surface area contributed by atoms with Crippen LogP contribution in [-0.4, -0.2) is 45.3 Å². The van der Waals surface area contributed by atoms with Gasteiger partial charge in [0.1, 0.15) is 5.82 Å². The number of methoxy groups -OCH3 is 1. The predicted octanol–water partition coefficient (Wildman–Crippen LogP) is 1.83. The summed E-state index contributed by atoms with van der Waals surface area (Å²) in [5.74, 6) is 0.598. The smallest absolute Gasteiger partial charge is 0.255 e. The Labute approximate surface area is 112 Å². The number of pyridine rings is 1. The number of aromatic nitrogens is 1. The number of anilines is 1. The molecule has 4 nitrogen and oxygen atoms in total. The molecule has 0 atom stereocenters. The van der Waals surface area contributed by atoms with Crippen LogP contribution < -0.4 is 10.2 Å². The summed E-state index contributed by atoms with van der Waals surface area (Å²) < 4.78 is 29.6. The van der Waals surface area contributed by atoms with Crippen LogP contribution in [-0.2, 0) is 11.3 Å². The Morgan fingerprint density at radius 1 is 1.47 bits per heavy atom. The van der Waals surface area contributed by atoms with Crippen molar-refractivity contribution in [3.8, 4) is 0 Å². The normalized spacial score (nSPS) is 11.1. The van der Waals surface area contributed by atoms with Crippen LogP contribution in [0, 0.1) is 6.92 Å². The molecule has 1 aromatic rings. The summed E-state index contributed by atoms with van der Waals surface area (Å²) in [4.78, 5) is 5.73. The zero-order valence-electron chi connectivity index (χ0n) is 11.6. The lowest BCUT2D eigenvalue weighted by Crippen LogP contribution is -2.26. The van der Waals surface area contributed by atoms with Gasteiger partial charge < -0.3 is 15.0 Å². The van der Waals surface area contributed by atoms with Gasteiger partial charge in [-0.3, -0.25) is 0 Å². The highest BCUT2D eigenvalue weighted by Crippen LogP contribution is 2.17. The molecule has 1 heterocycles. The third kappa shape index (κ3) is 5.48. The van der Waals surface area contributed by atoms with E-state index >= 15 is 0 Å². The Morgan fingerprint density at radius 3 is 2.79 bits per heavy atom. The van der Waals surface area contributed by atoms with Gasteiger partial charge >= 0.3 is 0 Å². The number of aryl methyl sites for hydroxylation is 1. The van der Waals surface area contributed by atoms with Gasteiger partial charge in [-0.25, -0.2) is 13.8 Å². The van der Waals surface area contributed by atoms with Gasteiger partial charge in [-0.1, -0.05) is 0 Å². The average molecular weight is 273 g/mol. The second-order valence-corrected chi connectivity index (χ2v) is 4.43. The molecule has 0 aliphatic heterocycles. The van der Waals surface area contributed by atoms with E-state index < -0.39 is 6.43 Å². The molecule has 0 spiro atoms. The van der Waals surface area contributed by atoms with Gasteiger partial charge in [-0.15, -0.1) is 0 Å². The molecule has 6 heteroatoms. The maximum absolute atomic E-state index is 12.3. The molecule has 1 rings (SSSR count). The molecule has 0 unspecified atom stereocenters. The van der Waals surface area contributed by atoms with E-state index in [0.717, 1.165) is 17.7 Å². The molecule has 1 N–H and O–H groups in total. The second kappa shape index (κ2) is 8.01. The standard InChI is InChI=1S/C13H21F2N3O/c1-10-6-11(7-16-4-5-19-3)8-17-13(10)18(2)9-12(14)15/h6,8,12,16H,4-5,7,9H2,1-3H3. The third-order valence-electron chi connectivity index (χ3n) is 2.69. The van der Waals surface area contributed by atoms with Crippen molar-refractivity contribution in [2.45, 2.75) is 19.9 Å². The fourth-order valence-corrected chi connectivity index (χ4v) is 1.82. The molecular weight excluding hydrogens is 252 g/mol. The highest BCUT2D eigenvalue weighted by molar-refractivity contribution is 5.46. The average Bonchev–Trinajstić information content (AvgIpc) is 2.33. The molecule has 0 aliphatic carbocycles. The summed E-state index contributed by atoms with van der Waals surface area (Å²) in [6.45, 7) is 3.68. The molecule has 0 aromatic carbocycles. The van der Waals surface area contributed by atoms with E-state index in [-0.39, 0.29) is 6.54 Å². The molecular formula is C13H21F2N3O. The minimum Gasteiger partial charge on any atom is -0.383 e. The molecule has 0 aliphatic rings. The maximum Gasteiger partial charge on any atom is 0.255 e. The van der Waals surface area contributed by atoms with Gasteiger partial charge in [-0.2, -0.15) is 0 Å². The molecule has 0 bridgehead atoms. The number of alkyl halides is 2. The van der Waals surface area contributed by atoms with Gasteiger partial charge in [0, 0.05) is 33.4 Å². The van der Waals surface area contributed by atoms with Crippen LogP contribution in [0.15, 0.2) is 12.3 Å². The van der Waals surface area contributed by atoms with Gasteiger partial charge in [-0.05, 0) is 24.1 Å². The molecule has 108 valence electrons. The number of hydrogen-bond acceptors (Lipinski definition) is 4. The fourth-order valence-electron chi connectivity index (χ4n) is 1.82. The van der Waals surface area contributed by atoms with Crippen molar-refractivity contribution in [3.63, 3.8) is 0 Å². The van der Waals surface area contributed by atoms with Crippen LogP contribution in [0.1, 0.15) is 11.1 Å². The van der Waals surface area contributed by atoms with Crippen LogP contribution in [0.5, 0.6) is 0 Å². The Kier molecular flexibility index (Phi) is 6.66. The number of nitrogens with zero attached hydrogens (tertiary/aromatic N) is 2. The van der Waals surface area contributed by atoms with E-state index in [1.165, 1.54) is 4.90 Å². The van der Waals surface area contributed by atoms with Crippen LogP contribution >= 0.6 is 0 Å². The topological polar surface area (TPSA) is 37.4 Å². The molecule has 0 saturated carbocycles. The van der Waals surface area contributed by atoms with E-state index in [2.05, 4.69) is 10.3 Å². The highest BCUT2D eigenvalue weighted by Gasteiger charge is 2.12. The quantitative estimate of drug-likeness (QED) is 0.733. The molecule has 0 fully saturated rings. The Hall–Kier alpha value is -1.27. The van der Waals surface area contributed by atoms with Crippen molar-refractivity contribution in [3.05, 3.63) is 23.4 Å². The van der Waals surface area contributed by atoms with Crippen molar-refractivity contribution in [2.75, 3.05) is 38.8 Å². The summed E-state index contributed by atoms with van der Waals surface area (Å²) in [6.07, 6.45) is -0.647. The van der Waals surface area contributed by atoms with Crippen molar-refractivity contribution in [2.24, 2.45) is 0 Å². The zero-order valence-corrected chi connectivity index (χ0v) is 11.6. The van der Waals surface area contributed by atoms with Crippen molar-refractivity contribution in [1.29, 1.82) is 0 Å². The summed E-state index contributed by atoms with van der Waals surface area (Å²) in [7, 11) is 3.28.